The summed E-state index contributed by atoms with van der Waals surface area (Å²) in [6.45, 7) is 6.09. The average Bonchev–Trinajstić information content (AvgIpc) is 1.91. The lowest BCUT2D eigenvalue weighted by Crippen LogP contribution is -1.87. The molecule has 0 bridgehead atoms. The Labute approximate surface area is 65.9 Å². The van der Waals surface area contributed by atoms with E-state index in [4.69, 9.17) is 0 Å². The van der Waals surface area contributed by atoms with Gasteiger partial charge in [-0.3, -0.25) is 0 Å². The summed E-state index contributed by atoms with van der Waals surface area (Å²) in [4.78, 5) is 0. The van der Waals surface area contributed by atoms with Crippen LogP contribution < -0.4 is 5.30 Å². The van der Waals surface area contributed by atoms with E-state index in [9.17, 15) is 0 Å². The first-order chi connectivity index (χ1) is 4.79. The number of rotatable bonds is 0. The molecule has 0 aliphatic heterocycles. The maximum Gasteiger partial charge on any atom is -0.0300 e. The van der Waals surface area contributed by atoms with E-state index < -0.39 is 0 Å². The Balaban J connectivity index is 0.000000371. The SMILES string of the molecule is CC.Cc1cccc(P)c1. The first-order valence-electron chi connectivity index (χ1n) is 3.61. The fourth-order valence-corrected chi connectivity index (χ4v) is 1.04. The summed E-state index contributed by atoms with van der Waals surface area (Å²) in [5.41, 5.74) is 1.32. The molecule has 0 N–H and O–H groups in total. The van der Waals surface area contributed by atoms with Crippen molar-refractivity contribution in [1.29, 1.82) is 0 Å². The molecule has 0 saturated carbocycles. The van der Waals surface area contributed by atoms with Crippen molar-refractivity contribution in [2.75, 3.05) is 0 Å². The molecule has 0 aliphatic rings. The van der Waals surface area contributed by atoms with Gasteiger partial charge in [0.05, 0.1) is 0 Å². The first-order valence-corrected chi connectivity index (χ1v) is 4.19. The van der Waals surface area contributed by atoms with E-state index in [1.165, 1.54) is 10.9 Å². The quantitative estimate of drug-likeness (QED) is 0.504. The van der Waals surface area contributed by atoms with Gasteiger partial charge in [-0.05, 0) is 12.2 Å². The third kappa shape index (κ3) is 3.63. The number of aryl methyl sites for hydroxylation is 1. The van der Waals surface area contributed by atoms with Gasteiger partial charge in [0.2, 0.25) is 0 Å². The van der Waals surface area contributed by atoms with E-state index in [1.807, 2.05) is 13.8 Å². The summed E-state index contributed by atoms with van der Waals surface area (Å²) < 4.78 is 0. The Bertz CT molecular complexity index is 165. The van der Waals surface area contributed by atoms with E-state index in [2.05, 4.69) is 40.4 Å². The second-order valence-corrected chi connectivity index (χ2v) is 2.58. The van der Waals surface area contributed by atoms with E-state index in [0.717, 1.165) is 0 Å². The molecule has 56 valence electrons. The molecule has 1 aromatic rings. The van der Waals surface area contributed by atoms with Crippen molar-refractivity contribution >= 4 is 14.5 Å². The normalized spacial score (nSPS) is 8.00. The van der Waals surface area contributed by atoms with Crippen molar-refractivity contribution in [3.8, 4) is 0 Å². The van der Waals surface area contributed by atoms with Gasteiger partial charge in [-0.1, -0.05) is 43.7 Å². The average molecular weight is 154 g/mol. The molecule has 0 fully saturated rings. The highest BCUT2D eigenvalue weighted by molar-refractivity contribution is 7.27. The summed E-state index contributed by atoms with van der Waals surface area (Å²) in [5.74, 6) is 0. The minimum atomic E-state index is 1.25. The van der Waals surface area contributed by atoms with Crippen LogP contribution in [0, 0.1) is 6.92 Å². The van der Waals surface area contributed by atoms with Crippen molar-refractivity contribution in [1.82, 2.24) is 0 Å². The van der Waals surface area contributed by atoms with Gasteiger partial charge >= 0.3 is 0 Å². The zero-order valence-electron chi connectivity index (χ0n) is 6.89. The summed E-state index contributed by atoms with van der Waals surface area (Å²) >= 11 is 0. The van der Waals surface area contributed by atoms with Crippen LogP contribution in [0.3, 0.4) is 0 Å². The second-order valence-electron chi connectivity index (χ2n) is 1.91. The molecule has 0 aliphatic carbocycles. The minimum absolute atomic E-state index is 1.25. The van der Waals surface area contributed by atoms with E-state index in [1.54, 1.807) is 0 Å². The lowest BCUT2D eigenvalue weighted by atomic mass is 10.2. The number of benzene rings is 1. The molecule has 0 nitrogen and oxygen atoms in total. The predicted octanol–water partition coefficient (Wildman–Crippen LogP) is 2.52. The first kappa shape index (κ1) is 9.65. The summed E-state index contributed by atoms with van der Waals surface area (Å²) in [5, 5.41) is 1.25. The third-order valence-corrected chi connectivity index (χ3v) is 1.40. The Morgan fingerprint density at radius 3 is 2.10 bits per heavy atom. The maximum absolute atomic E-state index is 2.66. The fourth-order valence-electron chi connectivity index (χ4n) is 0.670. The molecule has 0 amide bonds. The Hall–Kier alpha value is -0.350. The van der Waals surface area contributed by atoms with Crippen LogP contribution in [-0.4, -0.2) is 0 Å². The Morgan fingerprint density at radius 2 is 1.80 bits per heavy atom. The van der Waals surface area contributed by atoms with Crippen LogP contribution in [0.1, 0.15) is 19.4 Å². The smallest absolute Gasteiger partial charge is 0.0300 e. The monoisotopic (exact) mass is 154 g/mol. The van der Waals surface area contributed by atoms with E-state index >= 15 is 0 Å². The molecule has 0 radical (unpaired) electrons. The topological polar surface area (TPSA) is 0 Å². The molecular formula is C9H15P. The van der Waals surface area contributed by atoms with Crippen LogP contribution in [0.5, 0.6) is 0 Å². The molecule has 0 heterocycles. The van der Waals surface area contributed by atoms with Gasteiger partial charge in [0.25, 0.3) is 0 Å². The van der Waals surface area contributed by atoms with Crippen LogP contribution >= 0.6 is 9.24 Å². The maximum atomic E-state index is 2.66. The van der Waals surface area contributed by atoms with Gasteiger partial charge in [0, 0.05) is 0 Å². The van der Waals surface area contributed by atoms with E-state index in [-0.39, 0.29) is 0 Å². The van der Waals surface area contributed by atoms with Gasteiger partial charge in [-0.25, -0.2) is 0 Å². The Kier molecular flexibility index (Phi) is 5.25. The minimum Gasteiger partial charge on any atom is -0.106 e. The molecule has 1 atom stereocenters. The van der Waals surface area contributed by atoms with Gasteiger partial charge in [-0.15, -0.1) is 9.24 Å². The van der Waals surface area contributed by atoms with Gasteiger partial charge in [0.1, 0.15) is 0 Å². The summed E-state index contributed by atoms with van der Waals surface area (Å²) in [6.07, 6.45) is 0. The standard InChI is InChI=1S/C7H9P.C2H6/c1-6-3-2-4-7(8)5-6;1-2/h2-5H,8H2,1H3;1-2H3. The number of hydrogen-bond donors (Lipinski definition) is 0. The van der Waals surface area contributed by atoms with Crippen LogP contribution in [-0.2, 0) is 0 Å². The zero-order valence-corrected chi connectivity index (χ0v) is 8.04. The van der Waals surface area contributed by atoms with Gasteiger partial charge in [-0.2, -0.15) is 0 Å². The molecule has 10 heavy (non-hydrogen) atoms. The van der Waals surface area contributed by atoms with Crippen LogP contribution in [0.4, 0.5) is 0 Å². The summed E-state index contributed by atoms with van der Waals surface area (Å²) in [6, 6.07) is 8.34. The van der Waals surface area contributed by atoms with Crippen molar-refractivity contribution in [3.63, 3.8) is 0 Å². The molecule has 1 aromatic carbocycles. The lowest BCUT2D eigenvalue weighted by molar-refractivity contribution is 1.50. The molecular weight excluding hydrogens is 139 g/mol. The largest absolute Gasteiger partial charge is 0.106 e. The van der Waals surface area contributed by atoms with Crippen molar-refractivity contribution in [2.45, 2.75) is 20.8 Å². The summed E-state index contributed by atoms with van der Waals surface area (Å²) in [7, 11) is 2.66. The van der Waals surface area contributed by atoms with Crippen molar-refractivity contribution in [3.05, 3.63) is 29.8 Å². The third-order valence-electron chi connectivity index (χ3n) is 1.04. The lowest BCUT2D eigenvalue weighted by Gasteiger charge is -1.90. The molecule has 0 spiro atoms. The predicted molar refractivity (Wildman–Crippen MR) is 51.9 cm³/mol. The highest BCUT2D eigenvalue weighted by Crippen LogP contribution is 1.95. The van der Waals surface area contributed by atoms with Crippen LogP contribution in [0.25, 0.3) is 0 Å². The van der Waals surface area contributed by atoms with Gasteiger partial charge < -0.3 is 0 Å². The van der Waals surface area contributed by atoms with Crippen LogP contribution in [0.2, 0.25) is 0 Å². The zero-order chi connectivity index (χ0) is 7.98. The fraction of sp³-hybridized carbons (Fsp3) is 0.333. The highest BCUT2D eigenvalue weighted by Gasteiger charge is 1.80. The highest BCUT2D eigenvalue weighted by atomic mass is 31.0. The molecule has 1 heteroatoms. The molecule has 1 unspecified atom stereocenters. The van der Waals surface area contributed by atoms with Crippen LogP contribution in [0.15, 0.2) is 24.3 Å². The molecule has 0 saturated heterocycles. The van der Waals surface area contributed by atoms with Gasteiger partial charge in [0.15, 0.2) is 0 Å². The Morgan fingerprint density at radius 1 is 1.20 bits per heavy atom. The van der Waals surface area contributed by atoms with Crippen molar-refractivity contribution < 1.29 is 0 Å². The molecule has 0 aromatic heterocycles. The number of hydrogen-bond acceptors (Lipinski definition) is 0. The molecule has 1 rings (SSSR count). The van der Waals surface area contributed by atoms with E-state index in [0.29, 0.717) is 0 Å². The van der Waals surface area contributed by atoms with Crippen molar-refractivity contribution in [2.24, 2.45) is 0 Å². The second kappa shape index (κ2) is 5.44.